The van der Waals surface area contributed by atoms with E-state index in [4.69, 9.17) is 9.68 Å². The fourth-order valence-corrected chi connectivity index (χ4v) is 1.83. The summed E-state index contributed by atoms with van der Waals surface area (Å²) in [6.45, 7) is 7.61. The summed E-state index contributed by atoms with van der Waals surface area (Å²) >= 11 is 0. The van der Waals surface area contributed by atoms with Crippen molar-refractivity contribution >= 4 is 17.9 Å². The minimum Gasteiger partial charge on any atom is -0.377 e. The van der Waals surface area contributed by atoms with Crippen molar-refractivity contribution in [3.8, 4) is 0 Å². The number of oxime groups is 2. The second-order valence-corrected chi connectivity index (χ2v) is 6.45. The average Bonchev–Trinajstić information content (AvgIpc) is 2.85. The molecule has 1 aromatic carbocycles. The third kappa shape index (κ3) is 3.69. The van der Waals surface area contributed by atoms with Gasteiger partial charge in [0.15, 0.2) is 0 Å². The number of halogens is 1. The molecule has 22 heavy (non-hydrogen) atoms. The quantitative estimate of drug-likeness (QED) is 0.489. The van der Waals surface area contributed by atoms with E-state index < -0.39 is 11.6 Å². The van der Waals surface area contributed by atoms with Gasteiger partial charge in [-0.3, -0.25) is 0 Å². The fourth-order valence-electron chi connectivity index (χ4n) is 1.83. The van der Waals surface area contributed by atoms with Gasteiger partial charge in [0.05, 0.1) is 11.9 Å². The van der Waals surface area contributed by atoms with Crippen LogP contribution in [-0.2, 0) is 14.5 Å². The zero-order valence-electron chi connectivity index (χ0n) is 13.1. The Morgan fingerprint density at radius 1 is 1.41 bits per heavy atom. The Morgan fingerprint density at radius 3 is 2.59 bits per heavy atom. The molecule has 0 amide bonds. The van der Waals surface area contributed by atoms with E-state index in [0.717, 1.165) is 5.71 Å². The van der Waals surface area contributed by atoms with Crippen molar-refractivity contribution in [1.82, 2.24) is 0 Å². The Labute approximate surface area is 128 Å². The van der Waals surface area contributed by atoms with Crippen molar-refractivity contribution in [2.75, 3.05) is 0 Å². The van der Waals surface area contributed by atoms with Crippen molar-refractivity contribution < 1.29 is 18.9 Å². The molecular formula is C16H19FN2O3. The average molecular weight is 306 g/mol. The van der Waals surface area contributed by atoms with Gasteiger partial charge < -0.3 is 9.68 Å². The SMILES string of the molecule is CC(C)(C)C1=NOC(C)(C(=O)O/N=C/c2ccc(F)cc2)C1. The summed E-state index contributed by atoms with van der Waals surface area (Å²) in [4.78, 5) is 22.2. The lowest BCUT2D eigenvalue weighted by molar-refractivity contribution is -0.167. The van der Waals surface area contributed by atoms with Crippen LogP contribution in [0.15, 0.2) is 34.6 Å². The molecule has 1 aliphatic heterocycles. The second-order valence-electron chi connectivity index (χ2n) is 6.45. The largest absolute Gasteiger partial charge is 0.381 e. The van der Waals surface area contributed by atoms with Gasteiger partial charge in [0.1, 0.15) is 5.82 Å². The first-order chi connectivity index (χ1) is 10.2. The highest BCUT2D eigenvalue weighted by Gasteiger charge is 2.46. The van der Waals surface area contributed by atoms with E-state index in [2.05, 4.69) is 10.3 Å². The van der Waals surface area contributed by atoms with Crippen LogP contribution in [0.4, 0.5) is 4.39 Å². The Kier molecular flexibility index (Phi) is 4.30. The lowest BCUT2D eigenvalue weighted by atomic mass is 9.84. The summed E-state index contributed by atoms with van der Waals surface area (Å²) in [5.41, 5.74) is 0.0887. The molecular weight excluding hydrogens is 287 g/mol. The minimum absolute atomic E-state index is 0.171. The molecule has 0 bridgehead atoms. The molecule has 1 heterocycles. The molecule has 0 aliphatic carbocycles. The normalized spacial score (nSPS) is 21.6. The van der Waals surface area contributed by atoms with E-state index in [-0.39, 0.29) is 11.2 Å². The Balaban J connectivity index is 1.94. The minimum atomic E-state index is -1.16. The molecule has 0 spiro atoms. The summed E-state index contributed by atoms with van der Waals surface area (Å²) < 4.78 is 12.8. The number of rotatable bonds is 3. The molecule has 6 heteroatoms. The van der Waals surface area contributed by atoms with E-state index >= 15 is 0 Å². The summed E-state index contributed by atoms with van der Waals surface area (Å²) in [5.74, 6) is -0.957. The number of carbonyl (C=O) groups excluding carboxylic acids is 1. The van der Waals surface area contributed by atoms with E-state index in [9.17, 15) is 9.18 Å². The molecule has 0 fully saturated rings. The summed E-state index contributed by atoms with van der Waals surface area (Å²) in [6, 6.07) is 5.66. The van der Waals surface area contributed by atoms with Gasteiger partial charge >= 0.3 is 5.97 Å². The van der Waals surface area contributed by atoms with Crippen molar-refractivity contribution in [1.29, 1.82) is 0 Å². The van der Waals surface area contributed by atoms with Crippen LogP contribution in [0, 0.1) is 11.2 Å². The smallest absolute Gasteiger partial charge is 0.377 e. The number of benzene rings is 1. The zero-order valence-corrected chi connectivity index (χ0v) is 13.1. The Morgan fingerprint density at radius 2 is 2.05 bits per heavy atom. The van der Waals surface area contributed by atoms with E-state index in [1.165, 1.54) is 30.5 Å². The topological polar surface area (TPSA) is 60.2 Å². The van der Waals surface area contributed by atoms with Crippen LogP contribution in [0.2, 0.25) is 0 Å². The van der Waals surface area contributed by atoms with Gasteiger partial charge in [-0.05, 0) is 24.6 Å². The van der Waals surface area contributed by atoms with Gasteiger partial charge in [-0.2, -0.15) is 0 Å². The Bertz CT molecular complexity index is 617. The molecule has 2 rings (SSSR count). The van der Waals surface area contributed by atoms with Crippen molar-refractivity contribution in [2.45, 2.75) is 39.7 Å². The number of hydrogen-bond donors (Lipinski definition) is 0. The van der Waals surface area contributed by atoms with E-state index in [0.29, 0.717) is 12.0 Å². The van der Waals surface area contributed by atoms with Crippen LogP contribution in [-0.4, -0.2) is 23.5 Å². The highest BCUT2D eigenvalue weighted by molar-refractivity contribution is 5.96. The fraction of sp³-hybridized carbons (Fsp3) is 0.438. The maximum Gasteiger partial charge on any atom is 0.381 e. The maximum atomic E-state index is 12.8. The third-order valence-electron chi connectivity index (χ3n) is 3.37. The molecule has 118 valence electrons. The summed E-state index contributed by atoms with van der Waals surface area (Å²) in [5, 5.41) is 7.60. The van der Waals surface area contributed by atoms with Crippen molar-refractivity contribution in [2.24, 2.45) is 15.7 Å². The third-order valence-corrected chi connectivity index (χ3v) is 3.37. The summed E-state index contributed by atoms with van der Waals surface area (Å²) in [6.07, 6.45) is 1.70. The lowest BCUT2D eigenvalue weighted by Crippen LogP contribution is -2.37. The van der Waals surface area contributed by atoms with Crippen molar-refractivity contribution in [3.05, 3.63) is 35.6 Å². The number of carbonyl (C=O) groups is 1. The molecule has 0 saturated carbocycles. The van der Waals surface area contributed by atoms with Gasteiger partial charge in [0.25, 0.3) is 0 Å². The van der Waals surface area contributed by atoms with E-state index in [1.54, 1.807) is 6.92 Å². The predicted molar refractivity (Wildman–Crippen MR) is 81.1 cm³/mol. The van der Waals surface area contributed by atoms with Gasteiger partial charge in [-0.15, -0.1) is 0 Å². The van der Waals surface area contributed by atoms with Gasteiger partial charge in [0.2, 0.25) is 5.60 Å². The predicted octanol–water partition coefficient (Wildman–Crippen LogP) is 3.28. The summed E-state index contributed by atoms with van der Waals surface area (Å²) in [7, 11) is 0. The molecule has 5 nitrogen and oxygen atoms in total. The molecule has 0 N–H and O–H groups in total. The molecule has 1 aliphatic rings. The standard InChI is InChI=1S/C16H19FN2O3/c1-15(2,3)13-9-16(4,22-19-13)14(20)21-18-10-11-5-7-12(17)8-6-11/h5-8,10H,9H2,1-4H3/b18-10+. The van der Waals surface area contributed by atoms with Crippen LogP contribution >= 0.6 is 0 Å². The lowest BCUT2D eigenvalue weighted by Gasteiger charge is -2.20. The first kappa shape index (κ1) is 16.1. The molecule has 1 atom stereocenters. The van der Waals surface area contributed by atoms with Gasteiger partial charge in [-0.1, -0.05) is 43.2 Å². The molecule has 0 radical (unpaired) electrons. The molecule has 0 aromatic heterocycles. The number of nitrogens with zero attached hydrogens (tertiary/aromatic N) is 2. The molecule has 0 saturated heterocycles. The van der Waals surface area contributed by atoms with Crippen LogP contribution in [0.3, 0.4) is 0 Å². The van der Waals surface area contributed by atoms with Crippen LogP contribution in [0.5, 0.6) is 0 Å². The first-order valence-electron chi connectivity index (χ1n) is 6.97. The number of hydrogen-bond acceptors (Lipinski definition) is 5. The zero-order chi connectivity index (χ0) is 16.4. The van der Waals surface area contributed by atoms with Gasteiger partial charge in [0, 0.05) is 11.8 Å². The van der Waals surface area contributed by atoms with Crippen molar-refractivity contribution in [3.63, 3.8) is 0 Å². The van der Waals surface area contributed by atoms with Crippen LogP contribution in [0.1, 0.15) is 39.7 Å². The Hall–Kier alpha value is -2.24. The maximum absolute atomic E-state index is 12.8. The second kappa shape index (κ2) is 5.87. The monoisotopic (exact) mass is 306 g/mol. The molecule has 1 unspecified atom stereocenters. The van der Waals surface area contributed by atoms with Crippen LogP contribution < -0.4 is 0 Å². The molecule has 1 aromatic rings. The van der Waals surface area contributed by atoms with Gasteiger partial charge in [-0.25, -0.2) is 9.18 Å². The highest BCUT2D eigenvalue weighted by Crippen LogP contribution is 2.32. The first-order valence-corrected chi connectivity index (χ1v) is 6.97. The van der Waals surface area contributed by atoms with E-state index in [1.807, 2.05) is 20.8 Å². The van der Waals surface area contributed by atoms with Crippen LogP contribution in [0.25, 0.3) is 0 Å². The highest BCUT2D eigenvalue weighted by atomic mass is 19.1.